The van der Waals surface area contributed by atoms with Crippen molar-refractivity contribution >= 4 is 17.7 Å². The van der Waals surface area contributed by atoms with E-state index in [0.29, 0.717) is 26.1 Å². The zero-order valence-corrected chi connectivity index (χ0v) is 10.5. The van der Waals surface area contributed by atoms with Crippen LogP contribution in [-0.4, -0.2) is 42.0 Å². The Labute approximate surface area is 106 Å². The van der Waals surface area contributed by atoms with Gasteiger partial charge >= 0.3 is 5.97 Å². The third kappa shape index (κ3) is 4.44. The molecule has 18 heavy (non-hydrogen) atoms. The summed E-state index contributed by atoms with van der Waals surface area (Å²) in [6.07, 6.45) is 1.32. The number of ether oxygens (including phenoxy) is 1. The average Bonchev–Trinajstić information content (AvgIpc) is 2.87. The fourth-order valence-electron chi connectivity index (χ4n) is 1.77. The first-order valence-electron chi connectivity index (χ1n) is 6.17. The summed E-state index contributed by atoms with van der Waals surface area (Å²) in [6, 6.07) is -0.992. The maximum Gasteiger partial charge on any atom is 0.326 e. The summed E-state index contributed by atoms with van der Waals surface area (Å²) in [7, 11) is 0. The lowest BCUT2D eigenvalue weighted by Gasteiger charge is -2.16. The SMILES string of the molecule is CCC(=O)CC[C@H](NC(=O)[C@@H]1CCOC1)C(=O)O. The number of amides is 1. The van der Waals surface area contributed by atoms with Gasteiger partial charge in [0.1, 0.15) is 11.8 Å². The number of carbonyl (C=O) groups is 3. The van der Waals surface area contributed by atoms with Crippen molar-refractivity contribution in [3.8, 4) is 0 Å². The highest BCUT2D eigenvalue weighted by molar-refractivity contribution is 5.86. The standard InChI is InChI=1S/C12H19NO5/c1-2-9(14)3-4-10(12(16)17)13-11(15)8-5-6-18-7-8/h8,10H,2-7H2,1H3,(H,13,15)(H,16,17)/t8-,10+/m1/s1. The summed E-state index contributed by atoms with van der Waals surface area (Å²) in [6.45, 7) is 2.60. The van der Waals surface area contributed by atoms with Crippen LogP contribution in [0.2, 0.25) is 0 Å². The molecular weight excluding hydrogens is 238 g/mol. The van der Waals surface area contributed by atoms with E-state index in [1.165, 1.54) is 0 Å². The third-order valence-electron chi connectivity index (χ3n) is 3.02. The Morgan fingerprint density at radius 1 is 1.44 bits per heavy atom. The molecule has 1 amide bonds. The monoisotopic (exact) mass is 257 g/mol. The van der Waals surface area contributed by atoms with Crippen LogP contribution in [0.5, 0.6) is 0 Å². The molecular formula is C12H19NO5. The van der Waals surface area contributed by atoms with Crippen LogP contribution >= 0.6 is 0 Å². The summed E-state index contributed by atoms with van der Waals surface area (Å²) >= 11 is 0. The first-order valence-corrected chi connectivity index (χ1v) is 6.17. The lowest BCUT2D eigenvalue weighted by molar-refractivity contribution is -0.142. The third-order valence-corrected chi connectivity index (χ3v) is 3.02. The van der Waals surface area contributed by atoms with E-state index in [1.807, 2.05) is 0 Å². The molecule has 102 valence electrons. The number of carbonyl (C=O) groups excluding carboxylic acids is 2. The number of rotatable bonds is 7. The fraction of sp³-hybridized carbons (Fsp3) is 0.750. The second-order valence-corrected chi connectivity index (χ2v) is 4.39. The minimum Gasteiger partial charge on any atom is -0.480 e. The quantitative estimate of drug-likeness (QED) is 0.686. The highest BCUT2D eigenvalue weighted by atomic mass is 16.5. The Morgan fingerprint density at radius 2 is 2.17 bits per heavy atom. The number of carboxylic acid groups (broad SMARTS) is 1. The maximum atomic E-state index is 11.7. The Morgan fingerprint density at radius 3 is 2.67 bits per heavy atom. The van der Waals surface area contributed by atoms with E-state index in [-0.39, 0.29) is 30.4 Å². The lowest BCUT2D eigenvalue weighted by atomic mass is 10.0. The van der Waals surface area contributed by atoms with Gasteiger partial charge in [-0.2, -0.15) is 0 Å². The molecule has 2 N–H and O–H groups in total. The molecule has 1 aliphatic heterocycles. The van der Waals surface area contributed by atoms with E-state index in [4.69, 9.17) is 9.84 Å². The second kappa shape index (κ2) is 7.10. The van der Waals surface area contributed by atoms with Crippen molar-refractivity contribution in [2.75, 3.05) is 13.2 Å². The minimum absolute atomic E-state index is 0.000279. The van der Waals surface area contributed by atoms with Crippen LogP contribution in [0.15, 0.2) is 0 Å². The molecule has 0 aromatic rings. The van der Waals surface area contributed by atoms with Crippen LogP contribution in [-0.2, 0) is 19.1 Å². The van der Waals surface area contributed by atoms with Crippen molar-refractivity contribution in [1.82, 2.24) is 5.32 Å². The smallest absolute Gasteiger partial charge is 0.326 e. The molecule has 0 aromatic carbocycles. The second-order valence-electron chi connectivity index (χ2n) is 4.39. The van der Waals surface area contributed by atoms with Crippen LogP contribution < -0.4 is 5.32 Å². The van der Waals surface area contributed by atoms with Crippen LogP contribution in [0.25, 0.3) is 0 Å². The number of Topliss-reactive ketones (excluding diaryl/α,β-unsaturated/α-hetero) is 1. The average molecular weight is 257 g/mol. The Hall–Kier alpha value is -1.43. The molecule has 0 unspecified atom stereocenters. The van der Waals surface area contributed by atoms with Gasteiger partial charge in [-0.1, -0.05) is 6.92 Å². The molecule has 0 bridgehead atoms. The van der Waals surface area contributed by atoms with Crippen LogP contribution in [0.3, 0.4) is 0 Å². The zero-order chi connectivity index (χ0) is 13.5. The zero-order valence-electron chi connectivity index (χ0n) is 10.5. The molecule has 1 aliphatic rings. The summed E-state index contributed by atoms with van der Waals surface area (Å²) in [4.78, 5) is 33.9. The van der Waals surface area contributed by atoms with Crippen molar-refractivity contribution < 1.29 is 24.2 Å². The number of hydrogen-bond acceptors (Lipinski definition) is 4. The van der Waals surface area contributed by atoms with Gasteiger partial charge < -0.3 is 15.2 Å². The van der Waals surface area contributed by atoms with Crippen LogP contribution in [0, 0.1) is 5.92 Å². The normalized spacial score (nSPS) is 20.4. The van der Waals surface area contributed by atoms with Crippen molar-refractivity contribution in [2.45, 2.75) is 38.6 Å². The largest absolute Gasteiger partial charge is 0.480 e. The van der Waals surface area contributed by atoms with Gasteiger partial charge in [-0.25, -0.2) is 4.79 Å². The molecule has 0 aliphatic carbocycles. The minimum atomic E-state index is -1.11. The van der Waals surface area contributed by atoms with Gasteiger partial charge in [0.15, 0.2) is 0 Å². The maximum absolute atomic E-state index is 11.7. The number of ketones is 1. The summed E-state index contributed by atoms with van der Waals surface area (Å²) in [5.41, 5.74) is 0. The van der Waals surface area contributed by atoms with Gasteiger partial charge in [-0.15, -0.1) is 0 Å². The van der Waals surface area contributed by atoms with Crippen molar-refractivity contribution in [1.29, 1.82) is 0 Å². The predicted octanol–water partition coefficient (Wildman–Crippen LogP) is 0.352. The highest BCUT2D eigenvalue weighted by Gasteiger charge is 2.28. The van der Waals surface area contributed by atoms with E-state index in [0.717, 1.165) is 0 Å². The van der Waals surface area contributed by atoms with Crippen molar-refractivity contribution in [2.24, 2.45) is 5.92 Å². The lowest BCUT2D eigenvalue weighted by Crippen LogP contribution is -2.44. The Bertz CT molecular complexity index is 322. The molecule has 1 heterocycles. The molecule has 0 radical (unpaired) electrons. The number of nitrogens with one attached hydrogen (secondary N) is 1. The van der Waals surface area contributed by atoms with E-state index in [2.05, 4.69) is 5.32 Å². The molecule has 0 aromatic heterocycles. The van der Waals surface area contributed by atoms with Gasteiger partial charge in [0.25, 0.3) is 0 Å². The predicted molar refractivity (Wildman–Crippen MR) is 63.0 cm³/mol. The summed E-state index contributed by atoms with van der Waals surface area (Å²) in [5, 5.41) is 11.5. The Balaban J connectivity index is 2.44. The van der Waals surface area contributed by atoms with Crippen LogP contribution in [0.4, 0.5) is 0 Å². The van der Waals surface area contributed by atoms with E-state index >= 15 is 0 Å². The molecule has 2 atom stereocenters. The molecule has 1 saturated heterocycles. The molecule has 6 nitrogen and oxygen atoms in total. The number of hydrogen-bond donors (Lipinski definition) is 2. The van der Waals surface area contributed by atoms with E-state index < -0.39 is 12.0 Å². The van der Waals surface area contributed by atoms with Crippen molar-refractivity contribution in [3.05, 3.63) is 0 Å². The summed E-state index contributed by atoms with van der Waals surface area (Å²) in [5.74, 6) is -1.68. The molecule has 0 spiro atoms. The molecule has 6 heteroatoms. The fourth-order valence-corrected chi connectivity index (χ4v) is 1.77. The van der Waals surface area contributed by atoms with E-state index in [1.54, 1.807) is 6.92 Å². The van der Waals surface area contributed by atoms with Gasteiger partial charge in [0.2, 0.25) is 5.91 Å². The van der Waals surface area contributed by atoms with Gasteiger partial charge in [-0.3, -0.25) is 9.59 Å². The van der Waals surface area contributed by atoms with Gasteiger partial charge in [0, 0.05) is 19.4 Å². The highest BCUT2D eigenvalue weighted by Crippen LogP contribution is 2.13. The van der Waals surface area contributed by atoms with Crippen LogP contribution in [0.1, 0.15) is 32.6 Å². The topological polar surface area (TPSA) is 92.7 Å². The van der Waals surface area contributed by atoms with Gasteiger partial charge in [0.05, 0.1) is 12.5 Å². The Kier molecular flexibility index (Phi) is 5.77. The van der Waals surface area contributed by atoms with Crippen molar-refractivity contribution in [3.63, 3.8) is 0 Å². The summed E-state index contributed by atoms with van der Waals surface area (Å²) < 4.78 is 5.07. The molecule has 1 fully saturated rings. The van der Waals surface area contributed by atoms with Gasteiger partial charge in [-0.05, 0) is 12.8 Å². The van der Waals surface area contributed by atoms with E-state index in [9.17, 15) is 14.4 Å². The molecule has 1 rings (SSSR count). The molecule has 0 saturated carbocycles. The first-order chi connectivity index (χ1) is 8.54. The number of carboxylic acids is 1. The first kappa shape index (κ1) is 14.6. The number of aliphatic carboxylic acids is 1.